The Balaban J connectivity index is 1.98. The lowest BCUT2D eigenvalue weighted by atomic mass is 10.1. The van der Waals surface area contributed by atoms with Crippen molar-refractivity contribution in [1.82, 2.24) is 19.7 Å². The zero-order valence-electron chi connectivity index (χ0n) is 16.7. The molecule has 0 spiro atoms. The van der Waals surface area contributed by atoms with Crippen LogP contribution < -0.4 is 10.1 Å². The van der Waals surface area contributed by atoms with Crippen LogP contribution in [-0.2, 0) is 11.0 Å². The molecule has 11 heteroatoms. The number of anilines is 1. The average Bonchev–Trinajstić information content (AvgIpc) is 3.19. The van der Waals surface area contributed by atoms with E-state index in [-0.39, 0.29) is 17.8 Å². The number of nitrogens with one attached hydrogen (secondary N) is 1. The normalized spacial score (nSPS) is 12.5. The van der Waals surface area contributed by atoms with E-state index in [1.54, 1.807) is 12.1 Å². The second-order valence-electron chi connectivity index (χ2n) is 6.62. The van der Waals surface area contributed by atoms with E-state index in [0.29, 0.717) is 22.3 Å². The van der Waals surface area contributed by atoms with Gasteiger partial charge in [-0.3, -0.25) is 9.48 Å². The number of alkyl halides is 3. The van der Waals surface area contributed by atoms with Crippen molar-refractivity contribution in [3.63, 3.8) is 0 Å². The lowest BCUT2D eigenvalue weighted by Crippen LogP contribution is -2.27. The summed E-state index contributed by atoms with van der Waals surface area (Å²) >= 11 is 3.15. The fourth-order valence-electron chi connectivity index (χ4n) is 2.99. The van der Waals surface area contributed by atoms with Crippen LogP contribution in [0.25, 0.3) is 11.1 Å². The topological polar surface area (TPSA) is 81.9 Å². The molecule has 0 aliphatic heterocycles. The number of carbonyl (C=O) groups excluding carboxylic acids is 1. The molecule has 1 N–H and O–H groups in total. The largest absolute Gasteiger partial charge is 0.497 e. The smallest absolute Gasteiger partial charge is 0.435 e. The SMILES string of the molecule is CCCC(C(=O)Nc1cnc(Br)cn1)n1cc(-c2ccc(OC)cc2)c(C(F)(F)F)n1. The van der Waals surface area contributed by atoms with Crippen LogP contribution in [0.3, 0.4) is 0 Å². The maximum atomic E-state index is 13.7. The maximum Gasteiger partial charge on any atom is 0.435 e. The summed E-state index contributed by atoms with van der Waals surface area (Å²) in [4.78, 5) is 20.8. The van der Waals surface area contributed by atoms with Crippen LogP contribution in [0.1, 0.15) is 31.5 Å². The van der Waals surface area contributed by atoms with Crippen molar-refractivity contribution in [2.24, 2.45) is 0 Å². The highest BCUT2D eigenvalue weighted by Crippen LogP contribution is 2.37. The fraction of sp³-hybridized carbons (Fsp3) is 0.300. The minimum atomic E-state index is -4.69. The number of nitrogens with zero attached hydrogens (tertiary/aromatic N) is 4. The van der Waals surface area contributed by atoms with Crippen molar-refractivity contribution in [2.75, 3.05) is 12.4 Å². The van der Waals surface area contributed by atoms with E-state index in [9.17, 15) is 18.0 Å². The van der Waals surface area contributed by atoms with E-state index < -0.39 is 23.8 Å². The molecular formula is C20H19BrF3N5O2. The molecule has 1 atom stereocenters. The number of hydrogen-bond acceptors (Lipinski definition) is 5. The van der Waals surface area contributed by atoms with Gasteiger partial charge in [0.1, 0.15) is 16.4 Å². The maximum absolute atomic E-state index is 13.7. The van der Waals surface area contributed by atoms with Crippen molar-refractivity contribution in [1.29, 1.82) is 0 Å². The molecule has 31 heavy (non-hydrogen) atoms. The molecule has 0 radical (unpaired) electrons. The number of carbonyl (C=O) groups is 1. The zero-order chi connectivity index (χ0) is 22.6. The number of hydrogen-bond donors (Lipinski definition) is 1. The third kappa shape index (κ3) is 5.40. The predicted octanol–water partition coefficient (Wildman–Crippen LogP) is 5.11. The number of aromatic nitrogens is 4. The van der Waals surface area contributed by atoms with Crippen LogP contribution in [0, 0.1) is 0 Å². The first kappa shape index (κ1) is 22.7. The van der Waals surface area contributed by atoms with Gasteiger partial charge in [-0.15, -0.1) is 0 Å². The molecule has 0 bridgehead atoms. The van der Waals surface area contributed by atoms with Gasteiger partial charge in [-0.05, 0) is 40.0 Å². The third-order valence-electron chi connectivity index (χ3n) is 4.46. The van der Waals surface area contributed by atoms with Gasteiger partial charge in [0, 0.05) is 11.8 Å². The van der Waals surface area contributed by atoms with Gasteiger partial charge in [-0.2, -0.15) is 18.3 Å². The van der Waals surface area contributed by atoms with Gasteiger partial charge in [-0.1, -0.05) is 25.5 Å². The third-order valence-corrected chi connectivity index (χ3v) is 4.87. The van der Waals surface area contributed by atoms with Crippen LogP contribution in [-0.4, -0.2) is 32.8 Å². The van der Waals surface area contributed by atoms with Crippen molar-refractivity contribution in [2.45, 2.75) is 32.0 Å². The Hall–Kier alpha value is -2.95. The van der Waals surface area contributed by atoms with Crippen molar-refractivity contribution in [3.8, 4) is 16.9 Å². The number of ether oxygens (including phenoxy) is 1. The monoisotopic (exact) mass is 497 g/mol. The molecule has 0 saturated heterocycles. The first-order valence-electron chi connectivity index (χ1n) is 9.32. The molecule has 2 heterocycles. The van der Waals surface area contributed by atoms with Gasteiger partial charge >= 0.3 is 6.18 Å². The van der Waals surface area contributed by atoms with Crippen molar-refractivity contribution in [3.05, 3.63) is 53.2 Å². The Morgan fingerprint density at radius 1 is 1.23 bits per heavy atom. The molecule has 3 rings (SSSR count). The summed E-state index contributed by atoms with van der Waals surface area (Å²) in [6, 6.07) is 5.21. The molecule has 2 aromatic heterocycles. The van der Waals surface area contributed by atoms with Gasteiger partial charge in [-0.25, -0.2) is 9.97 Å². The minimum Gasteiger partial charge on any atom is -0.497 e. The number of benzene rings is 1. The summed E-state index contributed by atoms with van der Waals surface area (Å²) in [5, 5.41) is 6.34. The van der Waals surface area contributed by atoms with E-state index in [0.717, 1.165) is 4.68 Å². The Bertz CT molecular complexity index is 1040. The predicted molar refractivity (Wildman–Crippen MR) is 112 cm³/mol. The quantitative estimate of drug-likeness (QED) is 0.490. The molecule has 0 fully saturated rings. The summed E-state index contributed by atoms with van der Waals surface area (Å²) in [6.45, 7) is 1.83. The zero-order valence-corrected chi connectivity index (χ0v) is 18.2. The van der Waals surface area contributed by atoms with Crippen LogP contribution in [0.2, 0.25) is 0 Å². The standard InChI is InChI=1S/C20H19BrF3N5O2/c1-3-4-15(19(30)27-17-10-25-16(21)9-26-17)29-11-14(18(28-29)20(22,23)24)12-5-7-13(31-2)8-6-12/h5-11,15H,3-4H2,1-2H3,(H,26,27,30). The second-order valence-corrected chi connectivity index (χ2v) is 7.43. The van der Waals surface area contributed by atoms with E-state index in [1.165, 1.54) is 37.8 Å². The van der Waals surface area contributed by atoms with Gasteiger partial charge in [0.2, 0.25) is 5.91 Å². The Labute approximate surface area is 184 Å². The summed E-state index contributed by atoms with van der Waals surface area (Å²) < 4.78 is 47.7. The second kappa shape index (κ2) is 9.46. The fourth-order valence-corrected chi connectivity index (χ4v) is 3.19. The Morgan fingerprint density at radius 2 is 1.94 bits per heavy atom. The van der Waals surface area contributed by atoms with E-state index in [4.69, 9.17) is 4.74 Å². The molecule has 0 aliphatic rings. The molecule has 1 aromatic carbocycles. The first-order chi connectivity index (χ1) is 14.7. The number of halogens is 4. The summed E-state index contributed by atoms with van der Waals surface area (Å²) in [5.41, 5.74) is -0.865. The lowest BCUT2D eigenvalue weighted by molar-refractivity contribution is -0.141. The van der Waals surface area contributed by atoms with Crippen LogP contribution in [0.4, 0.5) is 19.0 Å². The Morgan fingerprint density at radius 3 is 2.48 bits per heavy atom. The van der Waals surface area contributed by atoms with Gasteiger partial charge in [0.25, 0.3) is 0 Å². The summed E-state index contributed by atoms with van der Waals surface area (Å²) in [7, 11) is 1.47. The molecule has 3 aromatic rings. The number of amides is 1. The molecule has 1 amide bonds. The van der Waals surface area contributed by atoms with Gasteiger partial charge in [0.05, 0.1) is 19.5 Å². The molecule has 0 saturated carbocycles. The molecule has 164 valence electrons. The van der Waals surface area contributed by atoms with Crippen molar-refractivity contribution < 1.29 is 22.7 Å². The van der Waals surface area contributed by atoms with Gasteiger partial charge in [0.15, 0.2) is 11.5 Å². The minimum absolute atomic E-state index is 0.118. The highest BCUT2D eigenvalue weighted by Gasteiger charge is 2.38. The average molecular weight is 498 g/mol. The molecule has 7 nitrogen and oxygen atoms in total. The highest BCUT2D eigenvalue weighted by atomic mass is 79.9. The first-order valence-corrected chi connectivity index (χ1v) is 10.1. The van der Waals surface area contributed by atoms with E-state index in [2.05, 4.69) is 36.3 Å². The van der Waals surface area contributed by atoms with Gasteiger partial charge < -0.3 is 10.1 Å². The highest BCUT2D eigenvalue weighted by molar-refractivity contribution is 9.10. The van der Waals surface area contributed by atoms with E-state index in [1.807, 2.05) is 6.92 Å². The van der Waals surface area contributed by atoms with Crippen LogP contribution in [0.15, 0.2) is 47.5 Å². The summed E-state index contributed by atoms with van der Waals surface area (Å²) in [6.07, 6.45) is 0.155. The number of rotatable bonds is 7. The van der Waals surface area contributed by atoms with Crippen LogP contribution >= 0.6 is 15.9 Å². The molecular weight excluding hydrogens is 479 g/mol. The van der Waals surface area contributed by atoms with Crippen LogP contribution in [0.5, 0.6) is 5.75 Å². The molecule has 0 aliphatic carbocycles. The lowest BCUT2D eigenvalue weighted by Gasteiger charge is -2.16. The number of methoxy groups -OCH3 is 1. The summed E-state index contributed by atoms with van der Waals surface area (Å²) in [5.74, 6) is 0.174. The Kier molecular flexibility index (Phi) is 6.94. The van der Waals surface area contributed by atoms with E-state index >= 15 is 0 Å². The van der Waals surface area contributed by atoms with Crippen molar-refractivity contribution >= 4 is 27.7 Å². The molecule has 1 unspecified atom stereocenters.